The molecule has 2 aromatic rings. The fraction of sp³-hybridized carbons (Fsp3) is 0.0667. The third kappa shape index (κ3) is 4.13. The second-order valence-corrected chi connectivity index (χ2v) is 5.62. The highest BCUT2D eigenvalue weighted by Gasteiger charge is 1.98. The fourth-order valence-corrected chi connectivity index (χ4v) is 2.56. The van der Waals surface area contributed by atoms with Crippen LogP contribution in [0.1, 0.15) is 11.1 Å². The molecule has 1 nitrogen and oxygen atoms in total. The molecule has 0 amide bonds. The number of benzene rings is 2. The van der Waals surface area contributed by atoms with Gasteiger partial charge < -0.3 is 0 Å². The molecule has 0 spiro atoms. The average molecular weight is 277 g/mol. The van der Waals surface area contributed by atoms with Crippen molar-refractivity contribution in [3.8, 4) is 0 Å². The molecule has 92 valence electrons. The summed E-state index contributed by atoms with van der Waals surface area (Å²) in [7, 11) is -1.00. The Hall–Kier alpha value is -1.38. The maximum Gasteiger partial charge on any atom is 0.0526 e. The van der Waals surface area contributed by atoms with Crippen LogP contribution in [0.25, 0.3) is 6.08 Å². The minimum Gasteiger partial charge on any atom is -0.255 e. The number of hydrogen-bond acceptors (Lipinski definition) is 1. The lowest BCUT2D eigenvalue weighted by atomic mass is 10.2. The smallest absolute Gasteiger partial charge is 0.0526 e. The first-order valence-electron chi connectivity index (χ1n) is 5.59. The van der Waals surface area contributed by atoms with Crippen LogP contribution in [0.5, 0.6) is 0 Å². The van der Waals surface area contributed by atoms with Crippen molar-refractivity contribution in [2.75, 3.05) is 0 Å². The highest BCUT2D eigenvalue weighted by atomic mass is 35.5. The van der Waals surface area contributed by atoms with Crippen LogP contribution in [0.2, 0.25) is 5.02 Å². The van der Waals surface area contributed by atoms with Crippen LogP contribution in [0, 0.1) is 0 Å². The molecule has 0 fully saturated rings. The fourth-order valence-electron chi connectivity index (χ4n) is 1.51. The molecular weight excluding hydrogens is 264 g/mol. The highest BCUT2D eigenvalue weighted by molar-refractivity contribution is 7.87. The van der Waals surface area contributed by atoms with Crippen LogP contribution < -0.4 is 0 Å². The van der Waals surface area contributed by atoms with E-state index in [2.05, 4.69) is 0 Å². The molecule has 1 atom stereocenters. The third-order valence-corrected chi connectivity index (χ3v) is 3.74. The predicted molar refractivity (Wildman–Crippen MR) is 78.8 cm³/mol. The monoisotopic (exact) mass is 276 g/mol. The Labute approximate surface area is 115 Å². The highest BCUT2D eigenvalue weighted by Crippen LogP contribution is 2.12. The summed E-state index contributed by atoms with van der Waals surface area (Å²) in [4.78, 5) is 0. The zero-order chi connectivity index (χ0) is 12.8. The Morgan fingerprint density at radius 3 is 2.33 bits per heavy atom. The lowest BCUT2D eigenvalue weighted by Gasteiger charge is -1.98. The van der Waals surface area contributed by atoms with E-state index >= 15 is 0 Å². The molecule has 0 aliphatic heterocycles. The van der Waals surface area contributed by atoms with Crippen LogP contribution >= 0.6 is 11.6 Å². The van der Waals surface area contributed by atoms with E-state index < -0.39 is 10.8 Å². The molecule has 3 heteroatoms. The quantitative estimate of drug-likeness (QED) is 0.815. The van der Waals surface area contributed by atoms with Crippen LogP contribution in [0.15, 0.2) is 60.0 Å². The molecule has 0 saturated heterocycles. The van der Waals surface area contributed by atoms with Crippen molar-refractivity contribution in [2.45, 2.75) is 5.75 Å². The zero-order valence-corrected chi connectivity index (χ0v) is 11.3. The van der Waals surface area contributed by atoms with E-state index in [0.717, 1.165) is 11.1 Å². The van der Waals surface area contributed by atoms with Gasteiger partial charge in [-0.15, -0.1) is 0 Å². The first-order valence-corrected chi connectivity index (χ1v) is 7.35. The summed E-state index contributed by atoms with van der Waals surface area (Å²) in [5, 5.41) is 2.42. The van der Waals surface area contributed by atoms with E-state index in [4.69, 9.17) is 11.6 Å². The normalized spacial score (nSPS) is 12.7. The molecular formula is C15H13ClOS. The molecule has 2 aromatic carbocycles. The minimum atomic E-state index is -1.00. The van der Waals surface area contributed by atoms with Gasteiger partial charge in [-0.25, -0.2) is 0 Å². The zero-order valence-electron chi connectivity index (χ0n) is 9.75. The van der Waals surface area contributed by atoms with Crippen LogP contribution in [-0.2, 0) is 16.6 Å². The van der Waals surface area contributed by atoms with E-state index in [1.807, 2.05) is 60.7 Å². The van der Waals surface area contributed by atoms with Crippen molar-refractivity contribution < 1.29 is 4.21 Å². The molecule has 0 aliphatic carbocycles. The maximum atomic E-state index is 11.9. The standard InChI is InChI=1S/C15H13ClOS/c16-15-8-6-14(7-9-15)12-18(17)11-10-13-4-2-1-3-5-13/h1-11H,12H2. The van der Waals surface area contributed by atoms with Crippen LogP contribution in [0.4, 0.5) is 0 Å². The summed E-state index contributed by atoms with van der Waals surface area (Å²) in [6.07, 6.45) is 1.88. The Morgan fingerprint density at radius 2 is 1.67 bits per heavy atom. The minimum absolute atomic E-state index is 0.514. The van der Waals surface area contributed by atoms with Gasteiger partial charge in [0.05, 0.1) is 16.6 Å². The van der Waals surface area contributed by atoms with E-state index in [1.165, 1.54) is 0 Å². The summed E-state index contributed by atoms with van der Waals surface area (Å²) in [5.74, 6) is 0.514. The average Bonchev–Trinajstić information content (AvgIpc) is 2.40. The molecule has 0 radical (unpaired) electrons. The van der Waals surface area contributed by atoms with Gasteiger partial charge in [-0.05, 0) is 29.3 Å². The van der Waals surface area contributed by atoms with Crippen molar-refractivity contribution in [3.05, 3.63) is 76.2 Å². The number of hydrogen-bond donors (Lipinski definition) is 0. The summed E-state index contributed by atoms with van der Waals surface area (Å²) < 4.78 is 11.9. The molecule has 0 bridgehead atoms. The first kappa shape index (κ1) is 13.1. The SMILES string of the molecule is O=S(C=Cc1ccccc1)Cc1ccc(Cl)cc1. The van der Waals surface area contributed by atoms with Crippen molar-refractivity contribution in [1.29, 1.82) is 0 Å². The second-order valence-electron chi connectivity index (χ2n) is 3.86. The Bertz CT molecular complexity index is 546. The van der Waals surface area contributed by atoms with Gasteiger partial charge in [0, 0.05) is 10.4 Å². The Kier molecular flexibility index (Phi) is 4.73. The van der Waals surface area contributed by atoms with Gasteiger partial charge in [0.25, 0.3) is 0 Å². The van der Waals surface area contributed by atoms with Crippen molar-refractivity contribution in [2.24, 2.45) is 0 Å². The topological polar surface area (TPSA) is 17.1 Å². The second kappa shape index (κ2) is 6.53. The molecule has 2 rings (SSSR count). The molecule has 18 heavy (non-hydrogen) atoms. The van der Waals surface area contributed by atoms with Gasteiger partial charge >= 0.3 is 0 Å². The van der Waals surface area contributed by atoms with Gasteiger partial charge in [-0.1, -0.05) is 54.1 Å². The van der Waals surface area contributed by atoms with E-state index in [0.29, 0.717) is 10.8 Å². The van der Waals surface area contributed by atoms with Gasteiger partial charge in [0.2, 0.25) is 0 Å². The Morgan fingerprint density at radius 1 is 1.00 bits per heavy atom. The van der Waals surface area contributed by atoms with E-state index in [9.17, 15) is 4.21 Å². The lowest BCUT2D eigenvalue weighted by molar-refractivity contribution is 0.688. The Balaban J connectivity index is 1.97. The lowest BCUT2D eigenvalue weighted by Crippen LogP contribution is -1.90. The third-order valence-electron chi connectivity index (χ3n) is 2.43. The molecule has 0 aliphatic rings. The summed E-state index contributed by atoms with van der Waals surface area (Å²) in [5.41, 5.74) is 2.08. The summed E-state index contributed by atoms with van der Waals surface area (Å²) in [6, 6.07) is 17.3. The van der Waals surface area contributed by atoms with Crippen LogP contribution in [0.3, 0.4) is 0 Å². The summed E-state index contributed by atoms with van der Waals surface area (Å²) in [6.45, 7) is 0. The van der Waals surface area contributed by atoms with Gasteiger partial charge in [-0.3, -0.25) is 4.21 Å². The number of rotatable bonds is 4. The van der Waals surface area contributed by atoms with Gasteiger partial charge in [-0.2, -0.15) is 0 Å². The predicted octanol–water partition coefficient (Wildman–Crippen LogP) is 4.26. The molecule has 0 heterocycles. The molecule has 1 unspecified atom stereocenters. The van der Waals surface area contributed by atoms with Gasteiger partial charge in [0.15, 0.2) is 0 Å². The maximum absolute atomic E-state index is 11.9. The van der Waals surface area contributed by atoms with Crippen molar-refractivity contribution in [1.82, 2.24) is 0 Å². The number of halogens is 1. The van der Waals surface area contributed by atoms with Crippen molar-refractivity contribution in [3.63, 3.8) is 0 Å². The molecule has 0 saturated carbocycles. The first-order chi connectivity index (χ1) is 8.74. The van der Waals surface area contributed by atoms with E-state index in [1.54, 1.807) is 5.41 Å². The van der Waals surface area contributed by atoms with E-state index in [-0.39, 0.29) is 0 Å². The largest absolute Gasteiger partial charge is 0.255 e. The molecule has 0 N–H and O–H groups in total. The van der Waals surface area contributed by atoms with Crippen molar-refractivity contribution >= 4 is 28.5 Å². The molecule has 0 aromatic heterocycles. The van der Waals surface area contributed by atoms with Gasteiger partial charge in [0.1, 0.15) is 0 Å². The summed E-state index contributed by atoms with van der Waals surface area (Å²) >= 11 is 5.80. The van der Waals surface area contributed by atoms with Crippen LogP contribution in [-0.4, -0.2) is 4.21 Å².